The number of hydrogen-bond donors (Lipinski definition) is 6. The summed E-state index contributed by atoms with van der Waals surface area (Å²) in [6, 6.07) is 4.44. The average Bonchev–Trinajstić information content (AvgIpc) is 2.75. The third-order valence-corrected chi connectivity index (χ3v) is 5.33. The van der Waals surface area contributed by atoms with E-state index < -0.39 is 54.0 Å². The molecule has 0 heterocycles. The number of aliphatic hydroxyl groups excluding tert-OH is 1. The lowest BCUT2D eigenvalue weighted by Gasteiger charge is -2.24. The molecule has 0 fully saturated rings. The molecule has 10 nitrogen and oxygen atoms in total. The van der Waals surface area contributed by atoms with Crippen LogP contribution in [0.3, 0.4) is 0 Å². The normalized spacial score (nSPS) is 15.5. The Morgan fingerprint density at radius 3 is 2.16 bits per heavy atom. The molecule has 0 aliphatic rings. The summed E-state index contributed by atoms with van der Waals surface area (Å²) in [5.74, 6) is -2.59. The first-order chi connectivity index (χ1) is 15.1. The number of aliphatic hydroxyl groups is 1. The number of carbonyl (C=O) groups excluding carboxylic acids is 3. The van der Waals surface area contributed by atoms with Crippen LogP contribution in [0.5, 0.6) is 0 Å². The Bertz CT molecular complexity index is 777. The van der Waals surface area contributed by atoms with Gasteiger partial charge in [-0.25, -0.2) is 4.79 Å². The highest BCUT2D eigenvalue weighted by Gasteiger charge is 2.31. The van der Waals surface area contributed by atoms with Crippen LogP contribution in [0.2, 0.25) is 0 Å². The Labute approximate surface area is 191 Å². The number of carboxylic acids is 1. The molecule has 178 valence electrons. The predicted molar refractivity (Wildman–Crippen MR) is 122 cm³/mol. The van der Waals surface area contributed by atoms with Gasteiger partial charge < -0.3 is 31.9 Å². The Balaban J connectivity index is 2.90. The Morgan fingerprint density at radius 2 is 1.62 bits per heavy atom. The van der Waals surface area contributed by atoms with Crippen LogP contribution in [-0.4, -0.2) is 76.2 Å². The summed E-state index contributed by atoms with van der Waals surface area (Å²) < 4.78 is 0. The van der Waals surface area contributed by atoms with E-state index in [1.165, 1.54) is 13.8 Å². The summed E-state index contributed by atoms with van der Waals surface area (Å²) >= 11 is 1.55. The third-order valence-electron chi connectivity index (χ3n) is 4.68. The minimum atomic E-state index is -1.54. The van der Waals surface area contributed by atoms with Crippen molar-refractivity contribution in [3.63, 3.8) is 0 Å². The van der Waals surface area contributed by atoms with E-state index in [4.69, 9.17) is 5.73 Å². The lowest BCUT2D eigenvalue weighted by atomic mass is 10.0. The van der Waals surface area contributed by atoms with Gasteiger partial charge in [-0.05, 0) is 37.8 Å². The van der Waals surface area contributed by atoms with Crippen molar-refractivity contribution in [1.82, 2.24) is 16.0 Å². The molecule has 32 heavy (non-hydrogen) atoms. The fraction of sp³-hybridized carbons (Fsp3) is 0.524. The molecule has 0 radical (unpaired) electrons. The first-order valence-corrected chi connectivity index (χ1v) is 11.6. The second kappa shape index (κ2) is 13.7. The van der Waals surface area contributed by atoms with E-state index in [2.05, 4.69) is 16.0 Å². The third kappa shape index (κ3) is 9.25. The maximum Gasteiger partial charge on any atom is 0.328 e. The van der Waals surface area contributed by atoms with E-state index in [0.29, 0.717) is 12.2 Å². The quantitative estimate of drug-likeness (QED) is 0.219. The van der Waals surface area contributed by atoms with E-state index in [9.17, 15) is 29.4 Å². The number of nitrogens with two attached hydrogens (primary N) is 1. The molecule has 0 aliphatic heterocycles. The highest BCUT2D eigenvalue weighted by atomic mass is 32.2. The van der Waals surface area contributed by atoms with Crippen LogP contribution in [0, 0.1) is 0 Å². The van der Waals surface area contributed by atoms with Crippen molar-refractivity contribution in [3.05, 3.63) is 35.9 Å². The molecule has 0 aliphatic carbocycles. The van der Waals surface area contributed by atoms with Crippen LogP contribution in [0.15, 0.2) is 30.3 Å². The van der Waals surface area contributed by atoms with Crippen LogP contribution in [0.1, 0.15) is 25.8 Å². The van der Waals surface area contributed by atoms with Crippen molar-refractivity contribution in [2.45, 2.75) is 57.0 Å². The number of carboxylic acid groups (broad SMARTS) is 1. The van der Waals surface area contributed by atoms with E-state index >= 15 is 0 Å². The van der Waals surface area contributed by atoms with Crippen molar-refractivity contribution in [3.8, 4) is 0 Å². The van der Waals surface area contributed by atoms with Gasteiger partial charge in [-0.1, -0.05) is 30.3 Å². The minimum Gasteiger partial charge on any atom is -0.480 e. The van der Waals surface area contributed by atoms with Crippen LogP contribution in [0.25, 0.3) is 0 Å². The number of amides is 3. The summed E-state index contributed by atoms with van der Waals surface area (Å²) in [5, 5.41) is 26.2. The lowest BCUT2D eigenvalue weighted by Crippen LogP contribution is -2.58. The van der Waals surface area contributed by atoms with Crippen molar-refractivity contribution in [1.29, 1.82) is 0 Å². The fourth-order valence-corrected chi connectivity index (χ4v) is 3.25. The maximum absolute atomic E-state index is 12.8. The molecule has 0 saturated heterocycles. The van der Waals surface area contributed by atoms with Gasteiger partial charge >= 0.3 is 5.97 Å². The fourth-order valence-electron chi connectivity index (χ4n) is 2.76. The monoisotopic (exact) mass is 468 g/mol. The molecule has 1 rings (SSSR count). The number of benzene rings is 1. The van der Waals surface area contributed by atoms with E-state index in [-0.39, 0.29) is 6.42 Å². The summed E-state index contributed by atoms with van der Waals surface area (Å²) in [5.41, 5.74) is 6.54. The van der Waals surface area contributed by atoms with Crippen LogP contribution >= 0.6 is 11.8 Å². The van der Waals surface area contributed by atoms with Gasteiger partial charge in [-0.15, -0.1) is 0 Å². The molecule has 5 unspecified atom stereocenters. The van der Waals surface area contributed by atoms with Gasteiger partial charge in [-0.3, -0.25) is 14.4 Å². The van der Waals surface area contributed by atoms with Gasteiger partial charge in [0.05, 0.1) is 12.1 Å². The Hall–Kier alpha value is -2.63. The van der Waals surface area contributed by atoms with Crippen LogP contribution in [0.4, 0.5) is 0 Å². The smallest absolute Gasteiger partial charge is 0.328 e. The van der Waals surface area contributed by atoms with Gasteiger partial charge in [-0.2, -0.15) is 11.8 Å². The number of hydrogen-bond acceptors (Lipinski definition) is 7. The zero-order chi connectivity index (χ0) is 24.3. The van der Waals surface area contributed by atoms with E-state index in [1.54, 1.807) is 42.1 Å². The van der Waals surface area contributed by atoms with Gasteiger partial charge in [0.25, 0.3) is 0 Å². The first-order valence-electron chi connectivity index (χ1n) is 10.2. The zero-order valence-corrected chi connectivity index (χ0v) is 19.2. The number of thioether (sulfide) groups is 1. The van der Waals surface area contributed by atoms with Crippen LogP contribution < -0.4 is 21.7 Å². The summed E-state index contributed by atoms with van der Waals surface area (Å²) in [4.78, 5) is 48.9. The Kier molecular flexibility index (Phi) is 11.7. The molecule has 5 atom stereocenters. The van der Waals surface area contributed by atoms with E-state index in [0.717, 1.165) is 5.56 Å². The summed E-state index contributed by atoms with van der Waals surface area (Å²) in [6.45, 7) is 2.70. The predicted octanol–water partition coefficient (Wildman–Crippen LogP) is -0.751. The number of aliphatic carboxylic acids is 1. The number of rotatable bonds is 13. The topological polar surface area (TPSA) is 171 Å². The van der Waals surface area contributed by atoms with Crippen molar-refractivity contribution in [2.24, 2.45) is 5.73 Å². The van der Waals surface area contributed by atoms with Gasteiger partial charge in [0.2, 0.25) is 17.7 Å². The SMILES string of the molecule is CSCCC(N)C(=O)NC(C)C(=O)NC(Cc1ccccc1)C(=O)NC(C(=O)O)C(C)O. The highest BCUT2D eigenvalue weighted by molar-refractivity contribution is 7.98. The van der Waals surface area contributed by atoms with Crippen molar-refractivity contribution >= 4 is 35.5 Å². The zero-order valence-electron chi connectivity index (χ0n) is 18.4. The largest absolute Gasteiger partial charge is 0.480 e. The maximum atomic E-state index is 12.8. The van der Waals surface area contributed by atoms with Gasteiger partial charge in [0.15, 0.2) is 6.04 Å². The lowest BCUT2D eigenvalue weighted by molar-refractivity contribution is -0.145. The molecule has 1 aromatic carbocycles. The molecule has 3 amide bonds. The van der Waals surface area contributed by atoms with Gasteiger partial charge in [0.1, 0.15) is 12.1 Å². The molecule has 0 aromatic heterocycles. The number of carbonyl (C=O) groups is 4. The second-order valence-electron chi connectivity index (χ2n) is 7.43. The molecule has 7 N–H and O–H groups in total. The highest BCUT2D eigenvalue weighted by Crippen LogP contribution is 2.06. The molecule has 0 saturated carbocycles. The van der Waals surface area contributed by atoms with Crippen molar-refractivity contribution < 1.29 is 29.4 Å². The second-order valence-corrected chi connectivity index (χ2v) is 8.42. The Morgan fingerprint density at radius 1 is 1.00 bits per heavy atom. The van der Waals surface area contributed by atoms with Gasteiger partial charge in [0, 0.05) is 6.42 Å². The molecular weight excluding hydrogens is 436 g/mol. The van der Waals surface area contributed by atoms with Crippen LogP contribution in [-0.2, 0) is 25.6 Å². The molecule has 1 aromatic rings. The molecule has 0 bridgehead atoms. The molecule has 11 heteroatoms. The summed E-state index contributed by atoms with van der Waals surface area (Å²) in [7, 11) is 0. The number of nitrogens with one attached hydrogen (secondary N) is 3. The summed E-state index contributed by atoms with van der Waals surface area (Å²) in [6.07, 6.45) is 1.09. The standard InChI is InChI=1S/C21H32N4O6S/c1-12(23-19(28)15(22)9-10-32-3)18(27)24-16(11-14-7-5-4-6-8-14)20(29)25-17(13(2)26)21(30)31/h4-8,12-13,15-17,26H,9-11,22H2,1-3H3,(H,23,28)(H,24,27)(H,25,29)(H,30,31). The first kappa shape index (κ1) is 27.4. The van der Waals surface area contributed by atoms with E-state index in [1.807, 2.05) is 6.26 Å². The average molecular weight is 469 g/mol. The van der Waals surface area contributed by atoms with Crippen molar-refractivity contribution in [2.75, 3.05) is 12.0 Å². The minimum absolute atomic E-state index is 0.0818. The molecule has 0 spiro atoms. The molecular formula is C21H32N4O6S.